The van der Waals surface area contributed by atoms with Crippen molar-refractivity contribution in [2.75, 3.05) is 5.75 Å². The summed E-state index contributed by atoms with van der Waals surface area (Å²) in [4.78, 5) is 11.0. The lowest BCUT2D eigenvalue weighted by atomic mass is 10.0. The Hall–Kier alpha value is -0.880. The van der Waals surface area contributed by atoms with E-state index in [1.807, 2.05) is 0 Å². The van der Waals surface area contributed by atoms with Gasteiger partial charge in [0.2, 0.25) is 0 Å². The van der Waals surface area contributed by atoms with E-state index in [-0.39, 0.29) is 10.6 Å². The molecule has 1 aliphatic heterocycles. The number of sulfone groups is 1. The number of carboxylic acids is 1. The number of benzene rings is 1. The van der Waals surface area contributed by atoms with Crippen LogP contribution in [0.5, 0.6) is 0 Å². The summed E-state index contributed by atoms with van der Waals surface area (Å²) in [5, 5.41) is 8.93. The van der Waals surface area contributed by atoms with Gasteiger partial charge in [-0.05, 0) is 12.1 Å². The smallest absolute Gasteiger partial charge is 0.312 e. The highest BCUT2D eigenvalue weighted by Crippen LogP contribution is 2.39. The fraction of sp³-hybridized carbons (Fsp3) is 0.222. The molecule has 80 valence electrons. The Morgan fingerprint density at radius 1 is 1.47 bits per heavy atom. The van der Waals surface area contributed by atoms with Gasteiger partial charge in [-0.15, -0.1) is 0 Å². The zero-order chi connectivity index (χ0) is 11.2. The molecule has 1 heterocycles. The number of halogens is 1. The molecule has 0 aliphatic carbocycles. The van der Waals surface area contributed by atoms with E-state index in [1.54, 1.807) is 12.1 Å². The van der Waals surface area contributed by atoms with Gasteiger partial charge in [0.15, 0.2) is 9.84 Å². The average Bonchev–Trinajstić information content (AvgIpc) is 2.40. The van der Waals surface area contributed by atoms with Crippen LogP contribution in [0.4, 0.5) is 0 Å². The molecule has 15 heavy (non-hydrogen) atoms. The molecule has 0 saturated heterocycles. The second-order valence-corrected chi connectivity index (χ2v) is 6.18. The van der Waals surface area contributed by atoms with Gasteiger partial charge in [-0.25, -0.2) is 8.42 Å². The lowest BCUT2D eigenvalue weighted by Gasteiger charge is -2.05. The van der Waals surface area contributed by atoms with Gasteiger partial charge in [-0.2, -0.15) is 0 Å². The first-order chi connectivity index (χ1) is 6.93. The van der Waals surface area contributed by atoms with E-state index in [0.29, 0.717) is 10.0 Å². The zero-order valence-electron chi connectivity index (χ0n) is 7.47. The molecule has 0 spiro atoms. The summed E-state index contributed by atoms with van der Waals surface area (Å²) in [6.45, 7) is 0. The minimum atomic E-state index is -3.43. The molecule has 4 nitrogen and oxygen atoms in total. The van der Waals surface area contributed by atoms with E-state index < -0.39 is 21.7 Å². The highest BCUT2D eigenvalue weighted by atomic mass is 79.9. The van der Waals surface area contributed by atoms with Gasteiger partial charge < -0.3 is 5.11 Å². The normalized spacial score (nSPS) is 22.3. The van der Waals surface area contributed by atoms with Crippen LogP contribution >= 0.6 is 15.9 Å². The van der Waals surface area contributed by atoms with Crippen molar-refractivity contribution in [1.82, 2.24) is 0 Å². The second-order valence-electron chi connectivity index (χ2n) is 3.32. The van der Waals surface area contributed by atoms with Gasteiger partial charge in [0.05, 0.1) is 16.6 Å². The summed E-state index contributed by atoms with van der Waals surface area (Å²) in [6, 6.07) is 4.68. The van der Waals surface area contributed by atoms with Crippen LogP contribution in [0.15, 0.2) is 27.6 Å². The third kappa shape index (κ3) is 1.57. The Kier molecular flexibility index (Phi) is 2.35. The van der Waals surface area contributed by atoms with Crippen LogP contribution < -0.4 is 0 Å². The summed E-state index contributed by atoms with van der Waals surface area (Å²) >= 11 is 3.18. The summed E-state index contributed by atoms with van der Waals surface area (Å²) < 4.78 is 23.8. The topological polar surface area (TPSA) is 71.4 Å². The molecule has 1 aromatic rings. The number of aliphatic carboxylic acids is 1. The molecule has 1 aromatic carbocycles. The zero-order valence-corrected chi connectivity index (χ0v) is 9.88. The monoisotopic (exact) mass is 290 g/mol. The van der Waals surface area contributed by atoms with E-state index in [9.17, 15) is 13.2 Å². The first-order valence-corrected chi connectivity index (χ1v) is 6.62. The number of hydrogen-bond donors (Lipinski definition) is 1. The molecule has 0 radical (unpaired) electrons. The minimum absolute atomic E-state index is 0.129. The van der Waals surface area contributed by atoms with Crippen LogP contribution in [0.2, 0.25) is 0 Å². The van der Waals surface area contributed by atoms with Crippen LogP contribution in [-0.2, 0) is 14.6 Å². The molecule has 6 heteroatoms. The highest BCUT2D eigenvalue weighted by Gasteiger charge is 2.40. The van der Waals surface area contributed by atoms with Crippen molar-refractivity contribution in [3.05, 3.63) is 28.2 Å². The van der Waals surface area contributed by atoms with Gasteiger partial charge in [0, 0.05) is 10.0 Å². The Balaban J connectivity index is 2.75. The summed E-state index contributed by atoms with van der Waals surface area (Å²) in [7, 11) is -3.43. The Labute approximate surface area is 95.0 Å². The number of carbonyl (C=O) groups is 1. The molecule has 0 amide bonds. The van der Waals surface area contributed by atoms with E-state index in [1.165, 1.54) is 6.07 Å². The molecular formula is C9H7BrO4S. The molecule has 0 saturated carbocycles. The molecule has 1 unspecified atom stereocenters. The predicted molar refractivity (Wildman–Crippen MR) is 56.6 cm³/mol. The van der Waals surface area contributed by atoms with Crippen molar-refractivity contribution in [3.8, 4) is 0 Å². The fourth-order valence-electron chi connectivity index (χ4n) is 1.71. The Bertz CT molecular complexity index is 535. The Morgan fingerprint density at radius 2 is 2.13 bits per heavy atom. The van der Waals surface area contributed by atoms with Crippen LogP contribution in [0, 0.1) is 0 Å². The van der Waals surface area contributed by atoms with Crippen molar-refractivity contribution < 1.29 is 18.3 Å². The SMILES string of the molecule is O=C(O)C1CS(=O)(=O)c2cccc(Br)c21. The van der Waals surface area contributed by atoms with Gasteiger partial charge in [0.25, 0.3) is 0 Å². The molecule has 1 N–H and O–H groups in total. The molecule has 0 fully saturated rings. The number of rotatable bonds is 1. The van der Waals surface area contributed by atoms with E-state index in [4.69, 9.17) is 5.11 Å². The summed E-state index contributed by atoms with van der Waals surface area (Å²) in [5.74, 6) is -2.41. The van der Waals surface area contributed by atoms with Crippen molar-refractivity contribution in [2.45, 2.75) is 10.8 Å². The first-order valence-electron chi connectivity index (χ1n) is 4.17. The quantitative estimate of drug-likeness (QED) is 0.849. The van der Waals surface area contributed by atoms with E-state index >= 15 is 0 Å². The first kappa shape index (κ1) is 10.6. The van der Waals surface area contributed by atoms with Gasteiger partial charge in [-0.1, -0.05) is 22.0 Å². The van der Waals surface area contributed by atoms with Gasteiger partial charge in [-0.3, -0.25) is 4.79 Å². The minimum Gasteiger partial charge on any atom is -0.481 e. The maximum absolute atomic E-state index is 11.6. The van der Waals surface area contributed by atoms with Crippen molar-refractivity contribution in [3.63, 3.8) is 0 Å². The van der Waals surface area contributed by atoms with Crippen LogP contribution in [0.3, 0.4) is 0 Å². The van der Waals surface area contributed by atoms with Crippen LogP contribution in [-0.4, -0.2) is 25.2 Å². The third-order valence-corrected chi connectivity index (χ3v) is 4.87. The molecule has 0 aromatic heterocycles. The fourth-order valence-corrected chi connectivity index (χ4v) is 4.29. The molecule has 1 aliphatic rings. The van der Waals surface area contributed by atoms with Crippen LogP contribution in [0.25, 0.3) is 0 Å². The number of carboxylic acid groups (broad SMARTS) is 1. The van der Waals surface area contributed by atoms with Crippen molar-refractivity contribution >= 4 is 31.7 Å². The predicted octanol–water partition coefficient (Wildman–Crippen LogP) is 1.40. The standard InChI is InChI=1S/C9H7BrO4S/c10-6-2-1-3-7-8(6)5(9(11)12)4-15(7,13)14/h1-3,5H,4H2,(H,11,12). The average molecular weight is 291 g/mol. The maximum atomic E-state index is 11.6. The van der Waals surface area contributed by atoms with Gasteiger partial charge in [0.1, 0.15) is 0 Å². The molecule has 0 bridgehead atoms. The lowest BCUT2D eigenvalue weighted by Crippen LogP contribution is -2.13. The number of fused-ring (bicyclic) bond motifs is 1. The van der Waals surface area contributed by atoms with Crippen LogP contribution in [0.1, 0.15) is 11.5 Å². The largest absolute Gasteiger partial charge is 0.481 e. The van der Waals surface area contributed by atoms with Crippen molar-refractivity contribution in [1.29, 1.82) is 0 Å². The molecular weight excluding hydrogens is 284 g/mol. The van der Waals surface area contributed by atoms with Gasteiger partial charge >= 0.3 is 5.97 Å². The molecule has 2 rings (SSSR count). The highest BCUT2D eigenvalue weighted by molar-refractivity contribution is 9.10. The van der Waals surface area contributed by atoms with E-state index in [2.05, 4.69) is 15.9 Å². The summed E-state index contributed by atoms with van der Waals surface area (Å²) in [5.41, 5.74) is 0.366. The summed E-state index contributed by atoms with van der Waals surface area (Å²) in [6.07, 6.45) is 0. The lowest BCUT2D eigenvalue weighted by molar-refractivity contribution is -0.138. The maximum Gasteiger partial charge on any atom is 0.312 e. The third-order valence-electron chi connectivity index (χ3n) is 2.38. The van der Waals surface area contributed by atoms with E-state index in [0.717, 1.165) is 0 Å². The Morgan fingerprint density at radius 3 is 2.73 bits per heavy atom. The second kappa shape index (κ2) is 3.31. The van der Waals surface area contributed by atoms with Crippen molar-refractivity contribution in [2.24, 2.45) is 0 Å². The number of hydrogen-bond acceptors (Lipinski definition) is 3. The molecule has 1 atom stereocenters.